The smallest absolute Gasteiger partial charge is 0.0393 e. The van der Waals surface area contributed by atoms with Gasteiger partial charge < -0.3 is 5.32 Å². The Morgan fingerprint density at radius 1 is 1.24 bits per heavy atom. The number of nitrogens with one attached hydrogen (secondary N) is 1. The van der Waals surface area contributed by atoms with Crippen LogP contribution in [0.2, 0.25) is 0 Å². The molecule has 2 atom stereocenters. The van der Waals surface area contributed by atoms with Crippen molar-refractivity contribution in [3.05, 3.63) is 34.9 Å². The van der Waals surface area contributed by atoms with E-state index in [2.05, 4.69) is 63.2 Å². The highest BCUT2D eigenvalue weighted by Crippen LogP contribution is 2.37. The number of rotatable bonds is 4. The number of likely N-dealkylation sites (tertiary alicyclic amines) is 1. The second-order valence-corrected chi connectivity index (χ2v) is 6.95. The molecule has 0 aromatic heterocycles. The van der Waals surface area contributed by atoms with E-state index in [1.807, 2.05) is 0 Å². The molecule has 2 nitrogen and oxygen atoms in total. The van der Waals surface area contributed by atoms with E-state index in [9.17, 15) is 0 Å². The summed E-state index contributed by atoms with van der Waals surface area (Å²) in [6.07, 6.45) is 4.03. The molecule has 0 amide bonds. The lowest BCUT2D eigenvalue weighted by Gasteiger charge is -2.39. The Labute approximate surface area is 130 Å². The van der Waals surface area contributed by atoms with E-state index in [0.717, 1.165) is 6.54 Å². The zero-order chi connectivity index (χ0) is 15.4. The molecule has 1 aliphatic rings. The second kappa shape index (κ2) is 7.42. The highest BCUT2D eigenvalue weighted by atomic mass is 15.2. The van der Waals surface area contributed by atoms with Crippen molar-refractivity contribution in [2.75, 3.05) is 20.1 Å². The molecule has 0 saturated carbocycles. The molecule has 0 aliphatic carbocycles. The van der Waals surface area contributed by atoms with Crippen molar-refractivity contribution < 1.29 is 0 Å². The fourth-order valence-electron chi connectivity index (χ4n) is 3.91. The Morgan fingerprint density at radius 3 is 2.62 bits per heavy atom. The molecular formula is C19H32N2. The van der Waals surface area contributed by atoms with Crippen LogP contribution in [-0.4, -0.2) is 31.1 Å². The minimum Gasteiger partial charge on any atom is -0.319 e. The van der Waals surface area contributed by atoms with Gasteiger partial charge in [0.05, 0.1) is 0 Å². The van der Waals surface area contributed by atoms with Gasteiger partial charge in [0.25, 0.3) is 0 Å². The van der Waals surface area contributed by atoms with Gasteiger partial charge in [0.15, 0.2) is 0 Å². The third-order valence-electron chi connectivity index (χ3n) is 4.92. The summed E-state index contributed by atoms with van der Waals surface area (Å²) in [5.74, 6) is 0.710. The number of aryl methyl sites for hydroxylation is 2. The lowest BCUT2D eigenvalue weighted by atomic mass is 9.86. The van der Waals surface area contributed by atoms with Gasteiger partial charge in [-0.1, -0.05) is 30.2 Å². The molecule has 1 N–H and O–H groups in total. The van der Waals surface area contributed by atoms with Crippen molar-refractivity contribution in [2.24, 2.45) is 5.92 Å². The fraction of sp³-hybridized carbons (Fsp3) is 0.684. The summed E-state index contributed by atoms with van der Waals surface area (Å²) in [5, 5.41) is 3.43. The van der Waals surface area contributed by atoms with Crippen LogP contribution in [0.4, 0.5) is 0 Å². The van der Waals surface area contributed by atoms with Crippen molar-refractivity contribution in [1.82, 2.24) is 10.2 Å². The maximum atomic E-state index is 3.43. The first kappa shape index (κ1) is 16.5. The Morgan fingerprint density at radius 2 is 2.00 bits per heavy atom. The first-order valence-electron chi connectivity index (χ1n) is 8.52. The Kier molecular flexibility index (Phi) is 5.83. The maximum absolute atomic E-state index is 3.43. The SMILES string of the molecule is CNCC1CCCCN(C(C)C)C1c1ccc(C)cc1C. The van der Waals surface area contributed by atoms with Crippen molar-refractivity contribution in [3.63, 3.8) is 0 Å². The summed E-state index contributed by atoms with van der Waals surface area (Å²) in [7, 11) is 2.09. The van der Waals surface area contributed by atoms with Crippen LogP contribution in [0.25, 0.3) is 0 Å². The minimum atomic E-state index is 0.556. The predicted molar refractivity (Wildman–Crippen MR) is 91.8 cm³/mol. The van der Waals surface area contributed by atoms with Crippen LogP contribution in [0, 0.1) is 19.8 Å². The molecular weight excluding hydrogens is 256 g/mol. The van der Waals surface area contributed by atoms with E-state index in [0.29, 0.717) is 18.0 Å². The molecule has 0 radical (unpaired) electrons. The summed E-state index contributed by atoms with van der Waals surface area (Å²) in [6, 6.07) is 8.16. The fourth-order valence-corrected chi connectivity index (χ4v) is 3.91. The van der Waals surface area contributed by atoms with Gasteiger partial charge in [-0.25, -0.2) is 0 Å². The van der Waals surface area contributed by atoms with Gasteiger partial charge in [-0.2, -0.15) is 0 Å². The molecule has 21 heavy (non-hydrogen) atoms. The van der Waals surface area contributed by atoms with Crippen LogP contribution < -0.4 is 5.32 Å². The van der Waals surface area contributed by atoms with Crippen LogP contribution in [0.3, 0.4) is 0 Å². The molecule has 0 spiro atoms. The van der Waals surface area contributed by atoms with Crippen molar-refractivity contribution in [1.29, 1.82) is 0 Å². The zero-order valence-corrected chi connectivity index (χ0v) is 14.4. The van der Waals surface area contributed by atoms with Gasteiger partial charge in [-0.3, -0.25) is 4.90 Å². The van der Waals surface area contributed by atoms with Crippen LogP contribution in [0.5, 0.6) is 0 Å². The summed E-state index contributed by atoms with van der Waals surface area (Å²) >= 11 is 0. The Balaban J connectivity index is 2.42. The molecule has 2 heteroatoms. The van der Waals surface area contributed by atoms with Crippen LogP contribution in [0.15, 0.2) is 18.2 Å². The summed E-state index contributed by atoms with van der Waals surface area (Å²) < 4.78 is 0. The Hall–Kier alpha value is -0.860. The van der Waals surface area contributed by atoms with E-state index < -0.39 is 0 Å². The van der Waals surface area contributed by atoms with Gasteiger partial charge >= 0.3 is 0 Å². The van der Waals surface area contributed by atoms with Crippen LogP contribution in [-0.2, 0) is 0 Å². The summed E-state index contributed by atoms with van der Waals surface area (Å²) in [5.41, 5.74) is 4.36. The van der Waals surface area contributed by atoms with Crippen molar-refractivity contribution in [3.8, 4) is 0 Å². The van der Waals surface area contributed by atoms with E-state index in [1.165, 1.54) is 42.5 Å². The molecule has 1 saturated heterocycles. The van der Waals surface area contributed by atoms with Crippen LogP contribution >= 0.6 is 0 Å². The quantitative estimate of drug-likeness (QED) is 0.898. The molecule has 1 aromatic carbocycles. The third kappa shape index (κ3) is 3.87. The van der Waals surface area contributed by atoms with E-state index in [-0.39, 0.29) is 0 Å². The van der Waals surface area contributed by atoms with Crippen molar-refractivity contribution in [2.45, 2.75) is 59.0 Å². The van der Waals surface area contributed by atoms with Gasteiger partial charge in [0.1, 0.15) is 0 Å². The van der Waals surface area contributed by atoms with Gasteiger partial charge in [-0.15, -0.1) is 0 Å². The third-order valence-corrected chi connectivity index (χ3v) is 4.92. The number of hydrogen-bond acceptors (Lipinski definition) is 2. The lowest BCUT2D eigenvalue weighted by molar-refractivity contribution is 0.118. The lowest BCUT2D eigenvalue weighted by Crippen LogP contribution is -2.40. The topological polar surface area (TPSA) is 15.3 Å². The summed E-state index contributed by atoms with van der Waals surface area (Å²) in [6.45, 7) is 11.5. The second-order valence-electron chi connectivity index (χ2n) is 6.95. The number of hydrogen-bond donors (Lipinski definition) is 1. The highest BCUT2D eigenvalue weighted by Gasteiger charge is 2.32. The standard InChI is InChI=1S/C19H32N2/c1-14(2)21-11-7-6-8-17(13-20-5)19(21)18-10-9-15(3)12-16(18)4/h9-10,12,14,17,19-20H,6-8,11,13H2,1-5H3. The number of nitrogens with zero attached hydrogens (tertiary/aromatic N) is 1. The molecule has 1 heterocycles. The normalized spacial score (nSPS) is 24.3. The average Bonchev–Trinajstić information content (AvgIpc) is 2.62. The minimum absolute atomic E-state index is 0.556. The number of benzene rings is 1. The van der Waals surface area contributed by atoms with Gasteiger partial charge in [0.2, 0.25) is 0 Å². The first-order valence-corrected chi connectivity index (χ1v) is 8.52. The molecule has 1 fully saturated rings. The molecule has 1 aliphatic heterocycles. The van der Waals surface area contributed by atoms with E-state index in [4.69, 9.17) is 0 Å². The largest absolute Gasteiger partial charge is 0.319 e. The summed E-state index contributed by atoms with van der Waals surface area (Å²) in [4.78, 5) is 2.73. The average molecular weight is 288 g/mol. The van der Waals surface area contributed by atoms with E-state index in [1.54, 1.807) is 0 Å². The monoisotopic (exact) mass is 288 g/mol. The first-order chi connectivity index (χ1) is 10.0. The van der Waals surface area contributed by atoms with Crippen LogP contribution in [0.1, 0.15) is 55.8 Å². The molecule has 2 rings (SSSR count). The van der Waals surface area contributed by atoms with E-state index >= 15 is 0 Å². The Bertz CT molecular complexity index is 453. The molecule has 1 aromatic rings. The highest BCUT2D eigenvalue weighted by molar-refractivity contribution is 5.33. The maximum Gasteiger partial charge on any atom is 0.0393 e. The zero-order valence-electron chi connectivity index (χ0n) is 14.4. The van der Waals surface area contributed by atoms with Crippen molar-refractivity contribution >= 4 is 0 Å². The van der Waals surface area contributed by atoms with Gasteiger partial charge in [-0.05, 0) is 77.7 Å². The molecule has 118 valence electrons. The molecule has 2 unspecified atom stereocenters. The predicted octanol–water partition coefficient (Wildman–Crippen LogP) is 4.07. The molecule has 0 bridgehead atoms. The van der Waals surface area contributed by atoms with Gasteiger partial charge in [0, 0.05) is 12.1 Å².